The van der Waals surface area contributed by atoms with Gasteiger partial charge in [-0.05, 0) is 32.1 Å². The Morgan fingerprint density at radius 3 is 2.95 bits per heavy atom. The number of rotatable bonds is 5. The van der Waals surface area contributed by atoms with Gasteiger partial charge in [0, 0.05) is 23.4 Å². The fourth-order valence-corrected chi connectivity index (χ4v) is 2.02. The van der Waals surface area contributed by atoms with Crippen LogP contribution < -0.4 is 10.1 Å². The van der Waals surface area contributed by atoms with Gasteiger partial charge in [0.05, 0.1) is 25.6 Å². The van der Waals surface area contributed by atoms with Crippen LogP contribution in [0.3, 0.4) is 0 Å². The molecule has 0 aromatic carbocycles. The Kier molecular flexibility index (Phi) is 4.77. The number of carbonyl (C=O) groups is 1. The molecular formula is C16H18N2O3. The van der Waals surface area contributed by atoms with E-state index in [4.69, 9.17) is 9.15 Å². The number of aryl methyl sites for hydroxylation is 1. The van der Waals surface area contributed by atoms with Crippen molar-refractivity contribution in [3.63, 3.8) is 0 Å². The molecule has 0 spiro atoms. The van der Waals surface area contributed by atoms with Crippen LogP contribution in [0.25, 0.3) is 6.08 Å². The second-order valence-corrected chi connectivity index (χ2v) is 4.61. The normalized spacial score (nSPS) is 10.8. The Balaban J connectivity index is 1.98. The largest absolute Gasteiger partial charge is 0.496 e. The molecular weight excluding hydrogens is 268 g/mol. The molecule has 21 heavy (non-hydrogen) atoms. The fraction of sp³-hybridized carbons (Fsp3) is 0.250. The predicted octanol–water partition coefficient (Wildman–Crippen LogP) is 2.63. The van der Waals surface area contributed by atoms with E-state index in [1.165, 1.54) is 6.08 Å². The first-order valence-corrected chi connectivity index (χ1v) is 6.60. The standard InChI is InChI=1S/C16H18N2O3/c1-11-9-17-14(12(2)16(11)20-3)10-18-15(19)7-6-13-5-4-8-21-13/h4-9H,10H2,1-3H3,(H,18,19). The number of nitrogens with one attached hydrogen (secondary N) is 1. The number of pyridine rings is 1. The number of nitrogens with zero attached hydrogens (tertiary/aromatic N) is 1. The summed E-state index contributed by atoms with van der Waals surface area (Å²) in [6.07, 6.45) is 6.35. The average molecular weight is 286 g/mol. The van der Waals surface area contributed by atoms with Gasteiger partial charge in [-0.2, -0.15) is 0 Å². The molecule has 0 atom stereocenters. The lowest BCUT2D eigenvalue weighted by molar-refractivity contribution is -0.116. The molecule has 110 valence electrons. The van der Waals surface area contributed by atoms with E-state index in [0.29, 0.717) is 12.3 Å². The topological polar surface area (TPSA) is 64.4 Å². The van der Waals surface area contributed by atoms with Gasteiger partial charge in [-0.15, -0.1) is 0 Å². The minimum absolute atomic E-state index is 0.202. The summed E-state index contributed by atoms with van der Waals surface area (Å²) in [5, 5.41) is 2.79. The molecule has 2 heterocycles. The van der Waals surface area contributed by atoms with Gasteiger partial charge in [0.1, 0.15) is 11.5 Å². The first kappa shape index (κ1) is 14.8. The van der Waals surface area contributed by atoms with Crippen molar-refractivity contribution in [3.05, 3.63) is 53.2 Å². The lowest BCUT2D eigenvalue weighted by Crippen LogP contribution is -2.21. The summed E-state index contributed by atoms with van der Waals surface area (Å²) in [7, 11) is 1.63. The summed E-state index contributed by atoms with van der Waals surface area (Å²) < 4.78 is 10.5. The molecule has 2 rings (SSSR count). The van der Waals surface area contributed by atoms with E-state index in [-0.39, 0.29) is 5.91 Å². The molecule has 0 aliphatic carbocycles. The highest BCUT2D eigenvalue weighted by molar-refractivity contribution is 5.91. The van der Waals surface area contributed by atoms with E-state index in [2.05, 4.69) is 10.3 Å². The van der Waals surface area contributed by atoms with E-state index >= 15 is 0 Å². The lowest BCUT2D eigenvalue weighted by atomic mass is 10.1. The third kappa shape index (κ3) is 3.72. The summed E-state index contributed by atoms with van der Waals surface area (Å²) in [5.74, 6) is 1.24. The van der Waals surface area contributed by atoms with Crippen molar-refractivity contribution in [1.82, 2.24) is 10.3 Å². The molecule has 0 saturated carbocycles. The maximum absolute atomic E-state index is 11.7. The maximum atomic E-state index is 11.7. The first-order chi connectivity index (χ1) is 10.1. The van der Waals surface area contributed by atoms with Crippen molar-refractivity contribution in [2.75, 3.05) is 7.11 Å². The van der Waals surface area contributed by atoms with Crippen LogP contribution in [0.15, 0.2) is 35.1 Å². The van der Waals surface area contributed by atoms with Crippen LogP contribution in [0.1, 0.15) is 22.6 Å². The van der Waals surface area contributed by atoms with Crippen molar-refractivity contribution >= 4 is 12.0 Å². The molecule has 0 saturated heterocycles. The van der Waals surface area contributed by atoms with Crippen LogP contribution in [-0.4, -0.2) is 18.0 Å². The summed E-state index contributed by atoms with van der Waals surface area (Å²) in [6.45, 7) is 4.22. The summed E-state index contributed by atoms with van der Waals surface area (Å²) >= 11 is 0. The van der Waals surface area contributed by atoms with E-state index in [1.54, 1.807) is 37.8 Å². The summed E-state index contributed by atoms with van der Waals surface area (Å²) in [6, 6.07) is 3.55. The molecule has 0 radical (unpaired) electrons. The predicted molar refractivity (Wildman–Crippen MR) is 79.9 cm³/mol. The van der Waals surface area contributed by atoms with Crippen LogP contribution in [0.5, 0.6) is 5.75 Å². The van der Waals surface area contributed by atoms with E-state index < -0.39 is 0 Å². The Hall–Kier alpha value is -2.56. The third-order valence-electron chi connectivity index (χ3n) is 3.12. The number of hydrogen-bond acceptors (Lipinski definition) is 4. The highest BCUT2D eigenvalue weighted by atomic mass is 16.5. The van der Waals surface area contributed by atoms with Crippen molar-refractivity contribution < 1.29 is 13.9 Å². The minimum atomic E-state index is -0.202. The molecule has 0 bridgehead atoms. The Morgan fingerprint density at radius 2 is 2.29 bits per heavy atom. The van der Waals surface area contributed by atoms with Crippen molar-refractivity contribution in [3.8, 4) is 5.75 Å². The van der Waals surface area contributed by atoms with Crippen LogP contribution in [0.2, 0.25) is 0 Å². The first-order valence-electron chi connectivity index (χ1n) is 6.60. The quantitative estimate of drug-likeness (QED) is 0.858. The molecule has 0 aliphatic heterocycles. The van der Waals surface area contributed by atoms with Gasteiger partial charge in [0.15, 0.2) is 0 Å². The number of hydrogen-bond donors (Lipinski definition) is 1. The number of carbonyl (C=O) groups excluding carboxylic acids is 1. The highest BCUT2D eigenvalue weighted by Gasteiger charge is 2.09. The molecule has 0 aliphatic rings. The van der Waals surface area contributed by atoms with Gasteiger partial charge in [0.25, 0.3) is 0 Å². The second-order valence-electron chi connectivity index (χ2n) is 4.61. The average Bonchev–Trinajstić information content (AvgIpc) is 2.98. The fourth-order valence-electron chi connectivity index (χ4n) is 2.02. The smallest absolute Gasteiger partial charge is 0.244 e. The Bertz CT molecular complexity index is 646. The zero-order valence-corrected chi connectivity index (χ0v) is 12.3. The van der Waals surface area contributed by atoms with Gasteiger partial charge in [-0.3, -0.25) is 9.78 Å². The monoisotopic (exact) mass is 286 g/mol. The zero-order chi connectivity index (χ0) is 15.2. The van der Waals surface area contributed by atoms with Gasteiger partial charge in [-0.1, -0.05) is 0 Å². The minimum Gasteiger partial charge on any atom is -0.496 e. The van der Waals surface area contributed by atoms with E-state index in [9.17, 15) is 4.79 Å². The molecule has 1 amide bonds. The number of aromatic nitrogens is 1. The Morgan fingerprint density at radius 1 is 1.48 bits per heavy atom. The number of methoxy groups -OCH3 is 1. The van der Waals surface area contributed by atoms with Gasteiger partial charge < -0.3 is 14.5 Å². The zero-order valence-electron chi connectivity index (χ0n) is 12.3. The van der Waals surface area contributed by atoms with Gasteiger partial charge >= 0.3 is 0 Å². The van der Waals surface area contributed by atoms with E-state index in [0.717, 1.165) is 22.6 Å². The van der Waals surface area contributed by atoms with Crippen LogP contribution in [0.4, 0.5) is 0 Å². The van der Waals surface area contributed by atoms with Crippen LogP contribution >= 0.6 is 0 Å². The SMILES string of the molecule is COc1c(C)cnc(CNC(=O)C=Cc2ccco2)c1C. The maximum Gasteiger partial charge on any atom is 0.244 e. The molecule has 1 N–H and O–H groups in total. The van der Waals surface area contributed by atoms with Crippen molar-refractivity contribution in [2.24, 2.45) is 0 Å². The van der Waals surface area contributed by atoms with Crippen molar-refractivity contribution in [2.45, 2.75) is 20.4 Å². The van der Waals surface area contributed by atoms with Gasteiger partial charge in [-0.25, -0.2) is 0 Å². The summed E-state index contributed by atoms with van der Waals surface area (Å²) in [4.78, 5) is 16.1. The Labute approximate surface area is 123 Å². The highest BCUT2D eigenvalue weighted by Crippen LogP contribution is 2.23. The molecule has 0 unspecified atom stereocenters. The number of ether oxygens (including phenoxy) is 1. The van der Waals surface area contributed by atoms with E-state index in [1.807, 2.05) is 13.8 Å². The molecule has 5 heteroatoms. The molecule has 5 nitrogen and oxygen atoms in total. The van der Waals surface area contributed by atoms with Crippen LogP contribution in [0, 0.1) is 13.8 Å². The number of furan rings is 1. The second kappa shape index (κ2) is 6.74. The summed E-state index contributed by atoms with van der Waals surface area (Å²) in [5.41, 5.74) is 2.70. The third-order valence-corrected chi connectivity index (χ3v) is 3.12. The molecule has 2 aromatic heterocycles. The number of amides is 1. The lowest BCUT2D eigenvalue weighted by Gasteiger charge is -2.12. The van der Waals surface area contributed by atoms with Crippen LogP contribution in [-0.2, 0) is 11.3 Å². The van der Waals surface area contributed by atoms with Gasteiger partial charge in [0.2, 0.25) is 5.91 Å². The molecule has 2 aromatic rings. The molecule has 0 fully saturated rings. The van der Waals surface area contributed by atoms with Crippen molar-refractivity contribution in [1.29, 1.82) is 0 Å².